The van der Waals surface area contributed by atoms with Gasteiger partial charge in [0.1, 0.15) is 5.75 Å². The molecule has 2 rings (SSSR count). The van der Waals surface area contributed by atoms with Crippen LogP contribution in [0, 0.1) is 17.2 Å². The quantitative estimate of drug-likeness (QED) is 0.840. The van der Waals surface area contributed by atoms with Crippen LogP contribution in [0.3, 0.4) is 0 Å². The molecule has 3 nitrogen and oxygen atoms in total. The van der Waals surface area contributed by atoms with E-state index in [9.17, 15) is 13.9 Å². The molecule has 5 heteroatoms. The third kappa shape index (κ3) is 6.54. The Bertz CT molecular complexity index is 504. The summed E-state index contributed by atoms with van der Waals surface area (Å²) < 4.78 is 31.8. The second-order valence-corrected chi connectivity index (χ2v) is 5.56. The number of ether oxygens (including phenoxy) is 1. The highest BCUT2D eigenvalue weighted by Crippen LogP contribution is 2.36. The van der Waals surface area contributed by atoms with Crippen molar-refractivity contribution in [3.8, 4) is 11.8 Å². The molecule has 1 atom stereocenters. The predicted octanol–water partition coefficient (Wildman–Crippen LogP) is 4.86. The van der Waals surface area contributed by atoms with Crippen LogP contribution in [0.1, 0.15) is 57.6 Å². The summed E-state index contributed by atoms with van der Waals surface area (Å²) in [5, 5.41) is 18.3. The molecule has 1 unspecified atom stereocenters. The molecular weight excluding hydrogens is 300 g/mol. The van der Waals surface area contributed by atoms with Gasteiger partial charge >= 0.3 is 0 Å². The van der Waals surface area contributed by atoms with Crippen LogP contribution >= 0.6 is 0 Å². The van der Waals surface area contributed by atoms with Crippen LogP contribution in [0.2, 0.25) is 0 Å². The number of halogens is 2. The van der Waals surface area contributed by atoms with E-state index >= 15 is 0 Å². The van der Waals surface area contributed by atoms with E-state index in [0.29, 0.717) is 30.8 Å². The maximum Gasteiger partial charge on any atom is 0.248 e. The predicted molar refractivity (Wildman–Crippen MR) is 85.4 cm³/mol. The Morgan fingerprint density at radius 2 is 2.00 bits per heavy atom. The first-order valence-corrected chi connectivity index (χ1v) is 8.16. The number of hydrogen-bond donors (Lipinski definition) is 1. The lowest BCUT2D eigenvalue weighted by atomic mass is 9.87. The molecule has 0 saturated heterocycles. The Hall–Kier alpha value is -1.67. The molecule has 1 aliphatic carbocycles. The molecule has 1 aromatic carbocycles. The fourth-order valence-electron chi connectivity index (χ4n) is 2.50. The van der Waals surface area contributed by atoms with Gasteiger partial charge in [0.25, 0.3) is 0 Å². The number of alkyl halides is 2. The number of rotatable bonds is 5. The second-order valence-electron chi connectivity index (χ2n) is 5.56. The van der Waals surface area contributed by atoms with Gasteiger partial charge < -0.3 is 9.84 Å². The second kappa shape index (κ2) is 9.46. The van der Waals surface area contributed by atoms with Crippen molar-refractivity contribution in [3.05, 3.63) is 29.8 Å². The number of aliphatic hydroxyl groups is 1. The molecule has 1 N–H and O–H groups in total. The third-order valence-corrected chi connectivity index (χ3v) is 3.85. The molecule has 0 radical (unpaired) electrons. The lowest BCUT2D eigenvalue weighted by Gasteiger charge is -2.28. The van der Waals surface area contributed by atoms with E-state index in [2.05, 4.69) is 0 Å². The minimum absolute atomic E-state index is 0.0289. The normalized spacial score (nSPS) is 18.3. The van der Waals surface area contributed by atoms with Crippen LogP contribution in [0.4, 0.5) is 8.78 Å². The van der Waals surface area contributed by atoms with Gasteiger partial charge in [-0.2, -0.15) is 5.26 Å². The van der Waals surface area contributed by atoms with Crippen LogP contribution in [-0.2, 0) is 0 Å². The summed E-state index contributed by atoms with van der Waals surface area (Å²) in [6, 6.07) is 8.86. The van der Waals surface area contributed by atoms with Crippen molar-refractivity contribution in [1.82, 2.24) is 0 Å². The van der Waals surface area contributed by atoms with Crippen molar-refractivity contribution in [3.63, 3.8) is 0 Å². The van der Waals surface area contributed by atoms with Crippen molar-refractivity contribution in [1.29, 1.82) is 5.26 Å². The number of nitrogens with zero attached hydrogens (tertiary/aromatic N) is 1. The average molecular weight is 325 g/mol. The summed E-state index contributed by atoms with van der Waals surface area (Å²) in [5.74, 6) is -1.77. The topological polar surface area (TPSA) is 53.2 Å². The first-order valence-electron chi connectivity index (χ1n) is 8.16. The first kappa shape index (κ1) is 19.4. The molecule has 128 valence electrons. The van der Waals surface area contributed by atoms with Gasteiger partial charge in [0.05, 0.1) is 25.2 Å². The number of nitriles is 1. The molecule has 1 aliphatic rings. The lowest BCUT2D eigenvalue weighted by Crippen LogP contribution is -2.27. The first-order chi connectivity index (χ1) is 11.0. The zero-order chi connectivity index (χ0) is 17.3. The molecule has 0 bridgehead atoms. The smallest absolute Gasteiger partial charge is 0.248 e. The van der Waals surface area contributed by atoms with Gasteiger partial charge in [-0.3, -0.25) is 0 Å². The summed E-state index contributed by atoms with van der Waals surface area (Å²) in [6.07, 6.45) is 0.0189. The highest BCUT2D eigenvalue weighted by atomic mass is 19.3. The van der Waals surface area contributed by atoms with Gasteiger partial charge in [0.2, 0.25) is 5.92 Å². The van der Waals surface area contributed by atoms with Crippen molar-refractivity contribution in [2.24, 2.45) is 5.92 Å². The van der Waals surface area contributed by atoms with Crippen LogP contribution in [0.25, 0.3) is 0 Å². The van der Waals surface area contributed by atoms with E-state index in [4.69, 9.17) is 10.00 Å². The van der Waals surface area contributed by atoms with Crippen molar-refractivity contribution in [2.75, 3.05) is 6.61 Å². The molecule has 1 fully saturated rings. The summed E-state index contributed by atoms with van der Waals surface area (Å²) in [4.78, 5) is 0. The zero-order valence-electron chi connectivity index (χ0n) is 13.8. The Balaban J connectivity index is 0.00000127. The minimum Gasteiger partial charge on any atom is -0.493 e. The summed E-state index contributed by atoms with van der Waals surface area (Å²) in [5.41, 5.74) is 0.629. The van der Waals surface area contributed by atoms with Gasteiger partial charge in [0, 0.05) is 12.8 Å². The maximum absolute atomic E-state index is 13.1. The molecule has 23 heavy (non-hydrogen) atoms. The molecule has 0 aliphatic heterocycles. The van der Waals surface area contributed by atoms with E-state index in [1.165, 1.54) is 0 Å². The molecule has 0 heterocycles. The molecule has 1 aromatic rings. The fraction of sp³-hybridized carbons (Fsp3) is 0.611. The summed E-state index contributed by atoms with van der Waals surface area (Å²) >= 11 is 0. The van der Waals surface area contributed by atoms with Crippen molar-refractivity contribution in [2.45, 2.75) is 58.0 Å². The van der Waals surface area contributed by atoms with Gasteiger partial charge in [-0.25, -0.2) is 8.78 Å². The van der Waals surface area contributed by atoms with E-state index in [0.717, 1.165) is 0 Å². The highest BCUT2D eigenvalue weighted by molar-refractivity contribution is 5.30. The Morgan fingerprint density at radius 3 is 2.61 bits per heavy atom. The van der Waals surface area contributed by atoms with Crippen LogP contribution in [-0.4, -0.2) is 17.6 Å². The monoisotopic (exact) mass is 325 g/mol. The lowest BCUT2D eigenvalue weighted by molar-refractivity contribution is -0.0498. The van der Waals surface area contributed by atoms with Gasteiger partial charge in [0.15, 0.2) is 0 Å². The van der Waals surface area contributed by atoms with Crippen molar-refractivity contribution < 1.29 is 18.6 Å². The average Bonchev–Trinajstić information content (AvgIpc) is 2.56. The number of hydrogen-bond acceptors (Lipinski definition) is 3. The zero-order valence-corrected chi connectivity index (χ0v) is 13.8. The van der Waals surface area contributed by atoms with E-state index in [1.807, 2.05) is 19.9 Å². The fourth-order valence-corrected chi connectivity index (χ4v) is 2.50. The Morgan fingerprint density at radius 1 is 1.35 bits per heavy atom. The highest BCUT2D eigenvalue weighted by Gasteiger charge is 2.34. The summed E-state index contributed by atoms with van der Waals surface area (Å²) in [6.45, 7) is 4.41. The molecule has 1 saturated carbocycles. The van der Waals surface area contributed by atoms with E-state index < -0.39 is 12.0 Å². The van der Waals surface area contributed by atoms with Gasteiger partial charge in [-0.05, 0) is 36.5 Å². The number of benzene rings is 1. The minimum atomic E-state index is -2.52. The maximum atomic E-state index is 13.1. The Kier molecular flexibility index (Phi) is 7.97. The van der Waals surface area contributed by atoms with Gasteiger partial charge in [-0.1, -0.05) is 26.0 Å². The van der Waals surface area contributed by atoms with Crippen LogP contribution in [0.5, 0.6) is 5.75 Å². The molecular formula is C18H25F2NO2. The summed E-state index contributed by atoms with van der Waals surface area (Å²) in [7, 11) is 0. The van der Waals surface area contributed by atoms with Crippen LogP contribution in [0.15, 0.2) is 24.3 Å². The number of aliphatic hydroxyl groups excluding tert-OH is 1. The van der Waals surface area contributed by atoms with Gasteiger partial charge in [-0.15, -0.1) is 0 Å². The third-order valence-electron chi connectivity index (χ3n) is 3.85. The van der Waals surface area contributed by atoms with Crippen LogP contribution < -0.4 is 4.74 Å². The van der Waals surface area contributed by atoms with Crippen molar-refractivity contribution >= 4 is 0 Å². The molecule has 0 spiro atoms. The SMILES string of the molecule is CC.N#CCC(O)c1cccc(OCC2CCC(F)(F)CC2)c1. The van der Waals surface area contributed by atoms with E-state index in [1.54, 1.807) is 24.3 Å². The molecule has 0 amide bonds. The molecule has 0 aromatic heterocycles. The Labute approximate surface area is 136 Å². The largest absolute Gasteiger partial charge is 0.493 e. The standard InChI is InChI=1S/C16H19F2NO2.C2H6/c17-16(18)7-4-12(5-8-16)11-21-14-3-1-2-13(10-14)15(20)6-9-19;1-2/h1-3,10,12,15,20H,4-8,11H2;1-2H3. The van der Waals surface area contributed by atoms with E-state index in [-0.39, 0.29) is 25.2 Å².